The SMILES string of the molecule is COc1ccc2oc(C(=O)OCC(=O)N3[C@@H](C)CCC[C@@H]3C)c(C)c2c1. The summed E-state index contributed by atoms with van der Waals surface area (Å²) in [5.74, 6) is 0.0298. The number of amides is 1. The second kappa shape index (κ2) is 7.40. The zero-order valence-electron chi connectivity index (χ0n) is 15.7. The van der Waals surface area contributed by atoms with Gasteiger partial charge in [0.05, 0.1) is 7.11 Å². The molecular formula is C20H25NO5. The van der Waals surface area contributed by atoms with Crippen LogP contribution in [0.4, 0.5) is 0 Å². The number of esters is 1. The van der Waals surface area contributed by atoms with Gasteiger partial charge in [0.25, 0.3) is 5.91 Å². The third-order valence-corrected chi connectivity index (χ3v) is 5.14. The lowest BCUT2D eigenvalue weighted by atomic mass is 9.97. The van der Waals surface area contributed by atoms with Crippen LogP contribution in [0, 0.1) is 6.92 Å². The van der Waals surface area contributed by atoms with Gasteiger partial charge in [0, 0.05) is 23.0 Å². The minimum absolute atomic E-state index is 0.126. The first-order valence-electron chi connectivity index (χ1n) is 8.97. The van der Waals surface area contributed by atoms with E-state index in [0.29, 0.717) is 16.9 Å². The predicted molar refractivity (Wildman–Crippen MR) is 97.4 cm³/mol. The Hall–Kier alpha value is -2.50. The van der Waals surface area contributed by atoms with Crippen molar-refractivity contribution in [1.29, 1.82) is 0 Å². The van der Waals surface area contributed by atoms with Crippen molar-refractivity contribution >= 4 is 22.8 Å². The maximum absolute atomic E-state index is 12.5. The number of benzene rings is 1. The molecule has 2 atom stereocenters. The van der Waals surface area contributed by atoms with Crippen molar-refractivity contribution in [3.05, 3.63) is 29.5 Å². The van der Waals surface area contributed by atoms with E-state index in [1.807, 2.05) is 24.8 Å². The maximum Gasteiger partial charge on any atom is 0.375 e. The molecule has 0 bridgehead atoms. The number of likely N-dealkylation sites (tertiary alicyclic amines) is 1. The molecule has 0 spiro atoms. The molecule has 2 heterocycles. The molecule has 1 aliphatic rings. The number of carbonyl (C=O) groups is 2. The minimum Gasteiger partial charge on any atom is -0.497 e. The average Bonchev–Trinajstić information content (AvgIpc) is 2.95. The molecule has 1 aliphatic heterocycles. The Kier molecular flexibility index (Phi) is 5.20. The van der Waals surface area contributed by atoms with Crippen LogP contribution in [0.5, 0.6) is 5.75 Å². The predicted octanol–water partition coefficient (Wildman–Crippen LogP) is 3.70. The Morgan fingerprint density at radius 1 is 1.23 bits per heavy atom. The molecule has 1 fully saturated rings. The van der Waals surface area contributed by atoms with E-state index < -0.39 is 5.97 Å². The van der Waals surface area contributed by atoms with E-state index in [-0.39, 0.29) is 30.4 Å². The van der Waals surface area contributed by atoms with Gasteiger partial charge in [-0.05, 0) is 58.2 Å². The number of ether oxygens (including phenoxy) is 2. The van der Waals surface area contributed by atoms with Crippen LogP contribution in [-0.4, -0.2) is 42.6 Å². The highest BCUT2D eigenvalue weighted by molar-refractivity contribution is 5.97. The number of methoxy groups -OCH3 is 1. The van der Waals surface area contributed by atoms with Crippen LogP contribution in [-0.2, 0) is 9.53 Å². The number of rotatable bonds is 4. The Bertz CT molecular complexity index is 815. The monoisotopic (exact) mass is 359 g/mol. The second-order valence-electron chi connectivity index (χ2n) is 6.92. The fourth-order valence-corrected chi connectivity index (χ4v) is 3.70. The van der Waals surface area contributed by atoms with Gasteiger partial charge >= 0.3 is 5.97 Å². The number of carbonyl (C=O) groups excluding carboxylic acids is 2. The molecule has 6 heteroatoms. The molecular weight excluding hydrogens is 334 g/mol. The Labute approximate surface area is 153 Å². The van der Waals surface area contributed by atoms with Gasteiger partial charge in [-0.1, -0.05) is 0 Å². The summed E-state index contributed by atoms with van der Waals surface area (Å²) in [7, 11) is 1.58. The first-order valence-corrected chi connectivity index (χ1v) is 8.97. The Morgan fingerprint density at radius 3 is 2.58 bits per heavy atom. The van der Waals surface area contributed by atoms with E-state index in [2.05, 4.69) is 0 Å². The lowest BCUT2D eigenvalue weighted by Crippen LogP contribution is -2.49. The van der Waals surface area contributed by atoms with Crippen molar-refractivity contribution in [1.82, 2.24) is 4.90 Å². The van der Waals surface area contributed by atoms with Crippen molar-refractivity contribution in [2.75, 3.05) is 13.7 Å². The largest absolute Gasteiger partial charge is 0.497 e. The zero-order chi connectivity index (χ0) is 18.8. The Balaban J connectivity index is 1.71. The molecule has 26 heavy (non-hydrogen) atoms. The van der Waals surface area contributed by atoms with Crippen LogP contribution in [0.2, 0.25) is 0 Å². The van der Waals surface area contributed by atoms with Crippen molar-refractivity contribution < 1.29 is 23.5 Å². The van der Waals surface area contributed by atoms with Gasteiger partial charge in [-0.2, -0.15) is 0 Å². The fourth-order valence-electron chi connectivity index (χ4n) is 3.70. The molecule has 0 aliphatic carbocycles. The van der Waals surface area contributed by atoms with E-state index >= 15 is 0 Å². The second-order valence-corrected chi connectivity index (χ2v) is 6.92. The van der Waals surface area contributed by atoms with Gasteiger partial charge in [-0.25, -0.2) is 4.79 Å². The first-order chi connectivity index (χ1) is 12.4. The number of aryl methyl sites for hydroxylation is 1. The van der Waals surface area contributed by atoms with E-state index in [1.165, 1.54) is 0 Å². The summed E-state index contributed by atoms with van der Waals surface area (Å²) in [6.45, 7) is 5.59. The topological polar surface area (TPSA) is 69.0 Å². The van der Waals surface area contributed by atoms with Crippen LogP contribution in [0.3, 0.4) is 0 Å². The van der Waals surface area contributed by atoms with Gasteiger partial charge < -0.3 is 18.8 Å². The summed E-state index contributed by atoms with van der Waals surface area (Å²) in [4.78, 5) is 26.7. The number of fused-ring (bicyclic) bond motifs is 1. The lowest BCUT2D eigenvalue weighted by molar-refractivity contribution is -0.140. The van der Waals surface area contributed by atoms with E-state index in [1.54, 1.807) is 26.2 Å². The highest BCUT2D eigenvalue weighted by atomic mass is 16.5. The summed E-state index contributed by atoms with van der Waals surface area (Å²) in [6.07, 6.45) is 3.08. The first kappa shape index (κ1) is 18.3. The molecule has 6 nitrogen and oxygen atoms in total. The fraction of sp³-hybridized carbons (Fsp3) is 0.500. The molecule has 0 N–H and O–H groups in total. The minimum atomic E-state index is -0.622. The average molecular weight is 359 g/mol. The van der Waals surface area contributed by atoms with Gasteiger partial charge in [0.1, 0.15) is 11.3 Å². The molecule has 0 radical (unpaired) electrons. The standard InChI is InChI=1S/C20H25NO5/c1-12-6-5-7-13(2)21(12)18(22)11-25-20(23)19-14(3)16-10-15(24-4)8-9-17(16)26-19/h8-10,12-13H,5-7,11H2,1-4H3/t12-,13-/m0/s1. The molecule has 0 saturated carbocycles. The quantitative estimate of drug-likeness (QED) is 0.779. The molecule has 140 valence electrons. The van der Waals surface area contributed by atoms with Gasteiger partial charge in [0.2, 0.25) is 5.76 Å². The van der Waals surface area contributed by atoms with Crippen molar-refractivity contribution in [3.63, 3.8) is 0 Å². The van der Waals surface area contributed by atoms with Crippen LogP contribution >= 0.6 is 0 Å². The number of hydrogen-bond acceptors (Lipinski definition) is 5. The van der Waals surface area contributed by atoms with Gasteiger partial charge in [-0.3, -0.25) is 4.79 Å². The van der Waals surface area contributed by atoms with Crippen LogP contribution in [0.15, 0.2) is 22.6 Å². The number of nitrogens with zero attached hydrogens (tertiary/aromatic N) is 1. The number of hydrogen-bond donors (Lipinski definition) is 0. The smallest absolute Gasteiger partial charge is 0.375 e. The maximum atomic E-state index is 12.5. The highest BCUT2D eigenvalue weighted by Crippen LogP contribution is 2.29. The van der Waals surface area contributed by atoms with Crippen LogP contribution < -0.4 is 4.74 Å². The third kappa shape index (κ3) is 3.41. The summed E-state index contributed by atoms with van der Waals surface area (Å²) >= 11 is 0. The highest BCUT2D eigenvalue weighted by Gasteiger charge is 2.30. The third-order valence-electron chi connectivity index (χ3n) is 5.14. The van der Waals surface area contributed by atoms with Gasteiger partial charge in [0.15, 0.2) is 6.61 Å². The Morgan fingerprint density at radius 2 is 1.92 bits per heavy atom. The van der Waals surface area contributed by atoms with Crippen molar-refractivity contribution in [2.45, 2.75) is 52.1 Å². The molecule has 1 aromatic heterocycles. The van der Waals surface area contributed by atoms with E-state index in [0.717, 1.165) is 24.6 Å². The summed E-state index contributed by atoms with van der Waals surface area (Å²) in [5.41, 5.74) is 1.26. The zero-order valence-corrected chi connectivity index (χ0v) is 15.7. The van der Waals surface area contributed by atoms with Gasteiger partial charge in [-0.15, -0.1) is 0 Å². The lowest BCUT2D eigenvalue weighted by Gasteiger charge is -2.38. The summed E-state index contributed by atoms with van der Waals surface area (Å²) < 4.78 is 16.1. The number of furan rings is 1. The summed E-state index contributed by atoms with van der Waals surface area (Å²) in [5, 5.41) is 0.793. The molecule has 0 unspecified atom stereocenters. The molecule has 1 aromatic carbocycles. The van der Waals surface area contributed by atoms with E-state index in [4.69, 9.17) is 13.9 Å². The summed E-state index contributed by atoms with van der Waals surface area (Å²) in [6, 6.07) is 5.67. The van der Waals surface area contributed by atoms with Crippen molar-refractivity contribution in [3.8, 4) is 5.75 Å². The van der Waals surface area contributed by atoms with E-state index in [9.17, 15) is 9.59 Å². The van der Waals surface area contributed by atoms with Crippen LogP contribution in [0.1, 0.15) is 49.2 Å². The number of piperidine rings is 1. The molecule has 1 amide bonds. The van der Waals surface area contributed by atoms with Crippen LogP contribution in [0.25, 0.3) is 11.0 Å². The van der Waals surface area contributed by atoms with Crippen molar-refractivity contribution in [2.24, 2.45) is 0 Å². The molecule has 1 saturated heterocycles. The normalized spacial score (nSPS) is 20.2. The molecule has 3 rings (SSSR count). The molecule has 2 aromatic rings.